The van der Waals surface area contributed by atoms with E-state index in [2.05, 4.69) is 45.6 Å². The van der Waals surface area contributed by atoms with Gasteiger partial charge in [-0.05, 0) is 47.5 Å². The number of fused-ring (bicyclic) bond motifs is 1. The van der Waals surface area contributed by atoms with Crippen LogP contribution in [0.25, 0.3) is 22.0 Å². The molecule has 4 aromatic rings. The number of hydrogen-bond acceptors (Lipinski definition) is 3. The van der Waals surface area contributed by atoms with Gasteiger partial charge in [0.25, 0.3) is 0 Å². The maximum atomic E-state index is 4.51. The summed E-state index contributed by atoms with van der Waals surface area (Å²) >= 11 is 0. The van der Waals surface area contributed by atoms with Gasteiger partial charge in [-0.25, -0.2) is 0 Å². The van der Waals surface area contributed by atoms with Crippen molar-refractivity contribution in [3.8, 4) is 11.1 Å². The Morgan fingerprint density at radius 1 is 0.696 bits per heavy atom. The molecule has 0 aliphatic heterocycles. The van der Waals surface area contributed by atoms with Crippen molar-refractivity contribution in [3.63, 3.8) is 0 Å². The summed E-state index contributed by atoms with van der Waals surface area (Å²) in [6.07, 6.45) is 5.45. The average Bonchev–Trinajstić information content (AvgIpc) is 2.63. The first-order valence-corrected chi connectivity index (χ1v) is 7.51. The summed E-state index contributed by atoms with van der Waals surface area (Å²) in [6.45, 7) is 0. The number of pyridine rings is 2. The first-order valence-electron chi connectivity index (χ1n) is 7.51. The topological polar surface area (TPSA) is 37.8 Å². The molecule has 2 aromatic heterocycles. The molecule has 110 valence electrons. The molecule has 0 unspecified atom stereocenters. The van der Waals surface area contributed by atoms with Crippen molar-refractivity contribution in [2.24, 2.45) is 0 Å². The molecule has 0 spiro atoms. The first kappa shape index (κ1) is 13.5. The second kappa shape index (κ2) is 5.89. The summed E-state index contributed by atoms with van der Waals surface area (Å²) < 4.78 is 0. The van der Waals surface area contributed by atoms with Crippen LogP contribution in [0.2, 0.25) is 0 Å². The minimum absolute atomic E-state index is 0.972. The van der Waals surface area contributed by atoms with Crippen molar-refractivity contribution in [2.75, 3.05) is 5.32 Å². The number of para-hydroxylation sites is 1. The van der Waals surface area contributed by atoms with Crippen LogP contribution in [0.5, 0.6) is 0 Å². The van der Waals surface area contributed by atoms with E-state index in [1.807, 2.05) is 42.6 Å². The van der Waals surface area contributed by atoms with Gasteiger partial charge >= 0.3 is 0 Å². The molecule has 4 rings (SSSR count). The van der Waals surface area contributed by atoms with Crippen LogP contribution in [-0.2, 0) is 0 Å². The van der Waals surface area contributed by atoms with Gasteiger partial charge in [0.15, 0.2) is 0 Å². The fraction of sp³-hybridized carbons (Fsp3) is 0. The Hall–Kier alpha value is -3.20. The average molecular weight is 297 g/mol. The second-order valence-electron chi connectivity index (χ2n) is 5.32. The molecule has 0 aliphatic rings. The lowest BCUT2D eigenvalue weighted by Gasteiger charge is -2.10. The number of nitrogens with one attached hydrogen (secondary N) is 1. The lowest BCUT2D eigenvalue weighted by atomic mass is 10.0. The Morgan fingerprint density at radius 2 is 1.52 bits per heavy atom. The van der Waals surface area contributed by atoms with Gasteiger partial charge in [0, 0.05) is 35.4 Å². The minimum Gasteiger partial charge on any atom is -0.355 e. The summed E-state index contributed by atoms with van der Waals surface area (Å²) in [5.74, 6) is 0. The monoisotopic (exact) mass is 297 g/mol. The van der Waals surface area contributed by atoms with Gasteiger partial charge < -0.3 is 5.32 Å². The molecule has 1 N–H and O–H groups in total. The zero-order chi connectivity index (χ0) is 15.5. The number of rotatable bonds is 3. The maximum Gasteiger partial charge on any atom is 0.0729 e. The third kappa shape index (κ3) is 2.77. The summed E-state index contributed by atoms with van der Waals surface area (Å²) in [4.78, 5) is 8.58. The van der Waals surface area contributed by atoms with Crippen molar-refractivity contribution in [1.82, 2.24) is 9.97 Å². The molecule has 0 amide bonds. The SMILES string of the molecule is c1ccc(Nc2ccnc3cc(-c4ccncc4)ccc23)cc1. The molecule has 0 saturated heterocycles. The number of hydrogen-bond donors (Lipinski definition) is 1. The zero-order valence-electron chi connectivity index (χ0n) is 12.5. The Balaban J connectivity index is 1.77. The summed E-state index contributed by atoms with van der Waals surface area (Å²) in [5, 5.41) is 4.56. The highest BCUT2D eigenvalue weighted by Crippen LogP contribution is 2.28. The second-order valence-corrected chi connectivity index (χ2v) is 5.32. The van der Waals surface area contributed by atoms with Crippen LogP contribution in [0.4, 0.5) is 11.4 Å². The smallest absolute Gasteiger partial charge is 0.0729 e. The van der Waals surface area contributed by atoms with E-state index in [1.165, 1.54) is 0 Å². The highest BCUT2D eigenvalue weighted by molar-refractivity contribution is 5.95. The van der Waals surface area contributed by atoms with Gasteiger partial charge in [0.1, 0.15) is 0 Å². The molecule has 23 heavy (non-hydrogen) atoms. The van der Waals surface area contributed by atoms with Gasteiger partial charge in [0.05, 0.1) is 5.52 Å². The molecule has 0 radical (unpaired) electrons. The van der Waals surface area contributed by atoms with Crippen molar-refractivity contribution in [2.45, 2.75) is 0 Å². The van der Waals surface area contributed by atoms with Crippen LogP contribution in [0, 0.1) is 0 Å². The standard InChI is InChI=1S/C20H15N3/c1-2-4-17(5-3-1)23-19-10-13-22-20-14-16(6-7-18(19)20)15-8-11-21-12-9-15/h1-14H,(H,22,23). The van der Waals surface area contributed by atoms with E-state index in [1.54, 1.807) is 12.4 Å². The summed E-state index contributed by atoms with van der Waals surface area (Å²) in [6, 6.07) is 22.5. The number of benzene rings is 2. The number of aromatic nitrogens is 2. The van der Waals surface area contributed by atoms with E-state index >= 15 is 0 Å². The Bertz CT molecular complexity index is 935. The lowest BCUT2D eigenvalue weighted by molar-refractivity contribution is 1.33. The third-order valence-electron chi connectivity index (χ3n) is 3.81. The highest BCUT2D eigenvalue weighted by Gasteiger charge is 2.05. The molecule has 2 heterocycles. The van der Waals surface area contributed by atoms with Crippen molar-refractivity contribution < 1.29 is 0 Å². The van der Waals surface area contributed by atoms with Gasteiger partial charge in [-0.3, -0.25) is 9.97 Å². The van der Waals surface area contributed by atoms with Crippen molar-refractivity contribution in [3.05, 3.63) is 85.3 Å². The molecule has 0 bridgehead atoms. The number of nitrogens with zero attached hydrogens (tertiary/aromatic N) is 2. The molecular formula is C20H15N3. The highest BCUT2D eigenvalue weighted by atomic mass is 14.9. The van der Waals surface area contributed by atoms with E-state index in [0.29, 0.717) is 0 Å². The normalized spacial score (nSPS) is 10.6. The van der Waals surface area contributed by atoms with Gasteiger partial charge in [0.2, 0.25) is 0 Å². The Morgan fingerprint density at radius 3 is 2.35 bits per heavy atom. The van der Waals surface area contributed by atoms with E-state index < -0.39 is 0 Å². The molecule has 0 fully saturated rings. The molecule has 0 aliphatic carbocycles. The zero-order valence-corrected chi connectivity index (χ0v) is 12.5. The Kier molecular flexibility index (Phi) is 3.45. The molecule has 2 aromatic carbocycles. The van der Waals surface area contributed by atoms with Gasteiger partial charge in [-0.1, -0.05) is 30.3 Å². The quantitative estimate of drug-likeness (QED) is 0.575. The van der Waals surface area contributed by atoms with E-state index in [4.69, 9.17) is 0 Å². The van der Waals surface area contributed by atoms with Gasteiger partial charge in [-0.2, -0.15) is 0 Å². The molecule has 0 atom stereocenters. The summed E-state index contributed by atoms with van der Waals surface area (Å²) in [5.41, 5.74) is 5.38. The molecular weight excluding hydrogens is 282 g/mol. The third-order valence-corrected chi connectivity index (χ3v) is 3.81. The van der Waals surface area contributed by atoms with Crippen LogP contribution in [-0.4, -0.2) is 9.97 Å². The van der Waals surface area contributed by atoms with E-state index in [9.17, 15) is 0 Å². The van der Waals surface area contributed by atoms with Crippen molar-refractivity contribution >= 4 is 22.3 Å². The largest absolute Gasteiger partial charge is 0.355 e. The van der Waals surface area contributed by atoms with Crippen LogP contribution < -0.4 is 5.32 Å². The molecule has 0 saturated carbocycles. The minimum atomic E-state index is 0.972. The lowest BCUT2D eigenvalue weighted by Crippen LogP contribution is -1.92. The van der Waals surface area contributed by atoms with Crippen LogP contribution >= 0.6 is 0 Å². The fourth-order valence-corrected chi connectivity index (χ4v) is 2.66. The van der Waals surface area contributed by atoms with Crippen LogP contribution in [0.15, 0.2) is 85.3 Å². The number of anilines is 2. The summed E-state index contributed by atoms with van der Waals surface area (Å²) in [7, 11) is 0. The van der Waals surface area contributed by atoms with Gasteiger partial charge in [-0.15, -0.1) is 0 Å². The fourth-order valence-electron chi connectivity index (χ4n) is 2.66. The molecule has 3 nitrogen and oxygen atoms in total. The van der Waals surface area contributed by atoms with Crippen LogP contribution in [0.1, 0.15) is 0 Å². The van der Waals surface area contributed by atoms with Crippen molar-refractivity contribution in [1.29, 1.82) is 0 Å². The predicted molar refractivity (Wildman–Crippen MR) is 94.7 cm³/mol. The predicted octanol–water partition coefficient (Wildman–Crippen LogP) is 5.04. The van der Waals surface area contributed by atoms with E-state index in [0.717, 1.165) is 33.4 Å². The first-order chi connectivity index (χ1) is 11.4. The molecule has 3 heteroatoms. The maximum absolute atomic E-state index is 4.51. The van der Waals surface area contributed by atoms with Crippen LogP contribution in [0.3, 0.4) is 0 Å². The van der Waals surface area contributed by atoms with E-state index in [-0.39, 0.29) is 0 Å². The Labute approximate surface area is 134 Å².